The number of esters is 1. The third kappa shape index (κ3) is 3.67. The first-order valence-electron chi connectivity index (χ1n) is 7.49. The summed E-state index contributed by atoms with van der Waals surface area (Å²) in [5, 5.41) is 5.63. The molecule has 2 heterocycles. The number of carbonyl (C=O) groups is 2. The molecule has 2 rings (SSSR count). The van der Waals surface area contributed by atoms with Crippen LogP contribution in [0.5, 0.6) is 5.88 Å². The lowest BCUT2D eigenvalue weighted by molar-refractivity contribution is -0.143. The zero-order chi connectivity index (χ0) is 17.0. The van der Waals surface area contributed by atoms with Crippen LogP contribution in [0.4, 0.5) is 0 Å². The van der Waals surface area contributed by atoms with Gasteiger partial charge in [-0.3, -0.25) is 9.59 Å². The fourth-order valence-electron chi connectivity index (χ4n) is 2.55. The molecule has 1 aliphatic heterocycles. The molecule has 0 saturated carbocycles. The molecule has 0 saturated heterocycles. The van der Waals surface area contributed by atoms with E-state index in [1.807, 2.05) is 6.92 Å². The average molecular weight is 319 g/mol. The van der Waals surface area contributed by atoms with E-state index in [2.05, 4.69) is 10.1 Å². The third-order valence-electron chi connectivity index (χ3n) is 3.71. The molecule has 7 nitrogen and oxygen atoms in total. The molecule has 7 heteroatoms. The topological polar surface area (TPSA) is 81.1 Å². The van der Waals surface area contributed by atoms with Crippen molar-refractivity contribution in [2.75, 3.05) is 20.8 Å². The van der Waals surface area contributed by atoms with E-state index in [1.165, 1.54) is 12.1 Å². The van der Waals surface area contributed by atoms with Gasteiger partial charge in [0.15, 0.2) is 0 Å². The van der Waals surface area contributed by atoms with Crippen LogP contribution in [0, 0.1) is 5.92 Å². The molecule has 0 fully saturated rings. The number of ether oxygens (including phenoxy) is 2. The number of methoxy groups -OCH3 is 1. The first kappa shape index (κ1) is 16.9. The summed E-state index contributed by atoms with van der Waals surface area (Å²) in [6, 6.07) is 3.49. The molecule has 1 aromatic heterocycles. The number of amides is 1. The third-order valence-corrected chi connectivity index (χ3v) is 3.71. The molecule has 0 aliphatic carbocycles. The molecule has 2 unspecified atom stereocenters. The highest BCUT2D eigenvalue weighted by atomic mass is 16.5. The van der Waals surface area contributed by atoms with Crippen LogP contribution in [0.15, 0.2) is 23.4 Å². The Morgan fingerprint density at radius 1 is 1.43 bits per heavy atom. The Labute approximate surface area is 135 Å². The van der Waals surface area contributed by atoms with Crippen LogP contribution in [0.3, 0.4) is 0 Å². The van der Waals surface area contributed by atoms with Crippen molar-refractivity contribution in [2.45, 2.75) is 26.2 Å². The highest BCUT2D eigenvalue weighted by Gasteiger charge is 2.38. The maximum atomic E-state index is 12.4. The number of hydrazone groups is 1. The number of pyridine rings is 1. The van der Waals surface area contributed by atoms with Crippen LogP contribution in [0.1, 0.15) is 31.7 Å². The van der Waals surface area contributed by atoms with Crippen molar-refractivity contribution in [1.29, 1.82) is 0 Å². The molecule has 0 bridgehead atoms. The Hall–Kier alpha value is -2.44. The van der Waals surface area contributed by atoms with E-state index in [0.29, 0.717) is 18.2 Å². The molecule has 1 amide bonds. The summed E-state index contributed by atoms with van der Waals surface area (Å²) in [4.78, 5) is 28.3. The number of rotatable bonds is 6. The number of likely N-dealkylation sites (N-methyl/N-ethyl adjacent to an activating group) is 1. The normalized spacial score (nSPS) is 18.6. The maximum absolute atomic E-state index is 12.4. The quantitative estimate of drug-likeness (QED) is 0.744. The van der Waals surface area contributed by atoms with E-state index in [0.717, 1.165) is 5.56 Å². The van der Waals surface area contributed by atoms with Crippen LogP contribution in [0.2, 0.25) is 0 Å². The van der Waals surface area contributed by atoms with E-state index in [9.17, 15) is 9.59 Å². The van der Waals surface area contributed by atoms with Crippen LogP contribution in [-0.4, -0.2) is 48.3 Å². The first-order chi connectivity index (χ1) is 11.0. The molecule has 0 N–H and O–H groups in total. The maximum Gasteiger partial charge on any atom is 0.306 e. The van der Waals surface area contributed by atoms with E-state index >= 15 is 0 Å². The molecule has 124 valence electrons. The summed E-state index contributed by atoms with van der Waals surface area (Å²) in [5.41, 5.74) is 1.38. The lowest BCUT2D eigenvalue weighted by Crippen LogP contribution is -2.26. The second kappa shape index (κ2) is 7.21. The summed E-state index contributed by atoms with van der Waals surface area (Å²) < 4.78 is 10.0. The summed E-state index contributed by atoms with van der Waals surface area (Å²) >= 11 is 0. The number of carbonyl (C=O) groups excluding carboxylic acids is 2. The fourth-order valence-corrected chi connectivity index (χ4v) is 2.55. The van der Waals surface area contributed by atoms with Crippen LogP contribution >= 0.6 is 0 Å². The lowest BCUT2D eigenvalue weighted by Gasteiger charge is -2.16. The number of nitrogens with zero attached hydrogens (tertiary/aromatic N) is 3. The van der Waals surface area contributed by atoms with Gasteiger partial charge in [0, 0.05) is 25.2 Å². The highest BCUT2D eigenvalue weighted by molar-refractivity contribution is 6.13. The number of aromatic nitrogens is 1. The van der Waals surface area contributed by atoms with Gasteiger partial charge in [-0.15, -0.1) is 0 Å². The van der Waals surface area contributed by atoms with E-state index < -0.39 is 5.92 Å². The lowest BCUT2D eigenvalue weighted by atomic mass is 9.87. The van der Waals surface area contributed by atoms with Gasteiger partial charge in [-0.1, -0.05) is 13.0 Å². The molecule has 0 radical (unpaired) electrons. The molecule has 1 aliphatic rings. The van der Waals surface area contributed by atoms with Crippen molar-refractivity contribution in [1.82, 2.24) is 9.99 Å². The van der Waals surface area contributed by atoms with Gasteiger partial charge in [-0.05, 0) is 12.5 Å². The Morgan fingerprint density at radius 3 is 2.74 bits per heavy atom. The zero-order valence-corrected chi connectivity index (χ0v) is 13.8. The van der Waals surface area contributed by atoms with Crippen molar-refractivity contribution < 1.29 is 19.1 Å². The van der Waals surface area contributed by atoms with Crippen molar-refractivity contribution >= 4 is 17.6 Å². The Bertz CT molecular complexity index is 612. The van der Waals surface area contributed by atoms with Gasteiger partial charge in [0.25, 0.3) is 5.91 Å². The van der Waals surface area contributed by atoms with Crippen LogP contribution in [-0.2, 0) is 14.3 Å². The smallest absolute Gasteiger partial charge is 0.306 e. The highest BCUT2D eigenvalue weighted by Crippen LogP contribution is 2.30. The van der Waals surface area contributed by atoms with Gasteiger partial charge in [-0.2, -0.15) is 5.10 Å². The van der Waals surface area contributed by atoms with E-state index in [1.54, 1.807) is 32.3 Å². The van der Waals surface area contributed by atoms with E-state index in [-0.39, 0.29) is 24.2 Å². The molecule has 0 aromatic carbocycles. The molecule has 2 atom stereocenters. The first-order valence-corrected chi connectivity index (χ1v) is 7.49. The SMILES string of the molecule is CCOC(=O)CC(C)C1=NN(C)C(=O)C1c1ccc(OC)nc1. The van der Waals surface area contributed by atoms with Crippen molar-refractivity contribution in [3.63, 3.8) is 0 Å². The molecular formula is C16H21N3O4. The summed E-state index contributed by atoms with van der Waals surface area (Å²) in [5.74, 6) is -0.678. The minimum Gasteiger partial charge on any atom is -0.481 e. The zero-order valence-electron chi connectivity index (χ0n) is 13.8. The van der Waals surface area contributed by atoms with Gasteiger partial charge < -0.3 is 9.47 Å². The standard InChI is InChI=1S/C16H21N3O4/c1-5-23-13(20)8-10(2)15-14(16(21)19(3)18-15)11-6-7-12(22-4)17-9-11/h6-7,9-10,14H,5,8H2,1-4H3. The van der Waals surface area contributed by atoms with Gasteiger partial charge in [0.2, 0.25) is 5.88 Å². The monoisotopic (exact) mass is 319 g/mol. The van der Waals surface area contributed by atoms with Crippen LogP contribution < -0.4 is 4.74 Å². The number of hydrogen-bond donors (Lipinski definition) is 0. The number of hydrogen-bond acceptors (Lipinski definition) is 6. The Morgan fingerprint density at radius 2 is 2.17 bits per heavy atom. The predicted molar refractivity (Wildman–Crippen MR) is 84.1 cm³/mol. The molecule has 23 heavy (non-hydrogen) atoms. The molecule has 0 spiro atoms. The van der Waals surface area contributed by atoms with Gasteiger partial charge in [0.05, 0.1) is 25.8 Å². The minimum atomic E-state index is -0.525. The van der Waals surface area contributed by atoms with Gasteiger partial charge in [-0.25, -0.2) is 9.99 Å². The minimum absolute atomic E-state index is 0.136. The summed E-state index contributed by atoms with van der Waals surface area (Å²) in [6.07, 6.45) is 1.79. The largest absolute Gasteiger partial charge is 0.481 e. The average Bonchev–Trinajstić information content (AvgIpc) is 2.83. The Kier molecular flexibility index (Phi) is 5.31. The second-order valence-electron chi connectivity index (χ2n) is 5.36. The van der Waals surface area contributed by atoms with E-state index in [4.69, 9.17) is 9.47 Å². The van der Waals surface area contributed by atoms with Crippen molar-refractivity contribution in [3.05, 3.63) is 23.9 Å². The molecule has 1 aromatic rings. The summed E-state index contributed by atoms with van der Waals surface area (Å²) in [7, 11) is 3.14. The van der Waals surface area contributed by atoms with Crippen molar-refractivity contribution in [2.24, 2.45) is 11.0 Å². The fraction of sp³-hybridized carbons (Fsp3) is 0.500. The second-order valence-corrected chi connectivity index (χ2v) is 5.36. The van der Waals surface area contributed by atoms with Crippen LogP contribution in [0.25, 0.3) is 0 Å². The van der Waals surface area contributed by atoms with Gasteiger partial charge in [0.1, 0.15) is 5.92 Å². The Balaban J connectivity index is 2.23. The van der Waals surface area contributed by atoms with Gasteiger partial charge >= 0.3 is 5.97 Å². The predicted octanol–water partition coefficient (Wildman–Crippen LogP) is 1.59. The molecular weight excluding hydrogens is 298 g/mol. The summed E-state index contributed by atoms with van der Waals surface area (Å²) in [6.45, 7) is 3.97. The van der Waals surface area contributed by atoms with Crippen molar-refractivity contribution in [3.8, 4) is 5.88 Å².